The molecule has 3 aliphatic heterocycles. The second-order valence-electron chi connectivity index (χ2n) is 10.2. The average molecular weight is 568 g/mol. The number of nitrogens with zero attached hydrogens (tertiary/aromatic N) is 3. The van der Waals surface area contributed by atoms with Gasteiger partial charge in [0, 0.05) is 37.4 Å². The van der Waals surface area contributed by atoms with Crippen LogP contribution in [-0.2, 0) is 25.5 Å². The minimum atomic E-state index is -5.75. The number of carbonyl (C=O) groups is 2. The molecule has 1 spiro atoms. The monoisotopic (exact) mass is 567 g/mol. The number of anilines is 1. The third kappa shape index (κ3) is 6.71. The number of benzene rings is 1. The minimum Gasteiger partial charge on any atom is -0.436 e. The number of ether oxygens (including phenoxy) is 3. The standard InChI is InChI=1S/C25H31F6N3O5/c1-17-3-4-18(19(13-17)33-11-12-37-20(15-33)38-16-35)14-34-8-2-5-23(34)6-9-32(10-7-23)22(36)39-21(24(26,27)28)25(29,30)31/h3-4,13,16,20-21H,2,5-12,14-15H2,1H3. The summed E-state index contributed by atoms with van der Waals surface area (Å²) in [5.41, 5.74) is 2.73. The Labute approximate surface area is 221 Å². The Bertz CT molecular complexity index is 1010. The van der Waals surface area contributed by atoms with Gasteiger partial charge in [0.25, 0.3) is 12.6 Å². The Balaban J connectivity index is 1.43. The average Bonchev–Trinajstić information content (AvgIpc) is 3.24. The molecule has 1 atom stereocenters. The number of aryl methyl sites for hydroxylation is 1. The first kappa shape index (κ1) is 29.2. The predicted molar refractivity (Wildman–Crippen MR) is 126 cm³/mol. The molecule has 1 amide bonds. The van der Waals surface area contributed by atoms with E-state index in [4.69, 9.17) is 9.47 Å². The molecule has 4 rings (SSSR count). The minimum absolute atomic E-state index is 0.00724. The Morgan fingerprint density at radius 3 is 2.44 bits per heavy atom. The van der Waals surface area contributed by atoms with E-state index >= 15 is 0 Å². The molecule has 0 aliphatic carbocycles. The van der Waals surface area contributed by atoms with Gasteiger partial charge in [-0.25, -0.2) is 4.79 Å². The SMILES string of the molecule is Cc1ccc(CN2CCCC23CCN(C(=O)OC(C(F)(F)F)C(F)(F)F)CC3)c(N2CCOC(OC=O)C2)c1. The molecule has 3 saturated heterocycles. The van der Waals surface area contributed by atoms with Crippen LogP contribution in [0, 0.1) is 6.92 Å². The number of rotatable bonds is 6. The van der Waals surface area contributed by atoms with E-state index in [1.54, 1.807) is 0 Å². The lowest BCUT2D eigenvalue weighted by Crippen LogP contribution is -2.54. The second kappa shape index (κ2) is 11.4. The molecule has 8 nitrogen and oxygen atoms in total. The van der Waals surface area contributed by atoms with Crippen LogP contribution in [0.1, 0.15) is 36.8 Å². The molecule has 1 unspecified atom stereocenters. The summed E-state index contributed by atoms with van der Waals surface area (Å²) in [6.45, 7) is 5.01. The van der Waals surface area contributed by atoms with Crippen LogP contribution in [0.2, 0.25) is 0 Å². The fourth-order valence-electron chi connectivity index (χ4n) is 5.70. The number of alkyl halides is 6. The summed E-state index contributed by atoms with van der Waals surface area (Å²) in [5, 5.41) is 0. The van der Waals surface area contributed by atoms with Gasteiger partial charge in [-0.15, -0.1) is 0 Å². The molecule has 3 aliphatic rings. The van der Waals surface area contributed by atoms with Gasteiger partial charge in [-0.1, -0.05) is 12.1 Å². The van der Waals surface area contributed by atoms with Crippen LogP contribution in [0.3, 0.4) is 0 Å². The van der Waals surface area contributed by atoms with Crippen LogP contribution in [0.25, 0.3) is 0 Å². The van der Waals surface area contributed by atoms with Crippen LogP contribution >= 0.6 is 0 Å². The van der Waals surface area contributed by atoms with Crippen LogP contribution in [0.15, 0.2) is 18.2 Å². The molecular weight excluding hydrogens is 536 g/mol. The van der Waals surface area contributed by atoms with Crippen molar-refractivity contribution in [3.8, 4) is 0 Å². The van der Waals surface area contributed by atoms with Gasteiger partial charge in [-0.3, -0.25) is 9.69 Å². The Kier molecular flexibility index (Phi) is 8.55. The molecule has 39 heavy (non-hydrogen) atoms. The van der Waals surface area contributed by atoms with E-state index in [0.717, 1.165) is 41.1 Å². The van der Waals surface area contributed by atoms with Gasteiger partial charge in [-0.05, 0) is 56.3 Å². The lowest BCUT2D eigenvalue weighted by atomic mass is 9.84. The normalized spacial score (nSPS) is 22.4. The number of carbonyl (C=O) groups excluding carboxylic acids is 2. The molecule has 1 aromatic carbocycles. The maximum absolute atomic E-state index is 12.8. The zero-order chi connectivity index (χ0) is 28.4. The molecule has 1 aromatic rings. The number of hydrogen-bond acceptors (Lipinski definition) is 7. The fourth-order valence-corrected chi connectivity index (χ4v) is 5.70. The van der Waals surface area contributed by atoms with E-state index in [9.17, 15) is 35.9 Å². The van der Waals surface area contributed by atoms with Gasteiger partial charge in [0.15, 0.2) is 0 Å². The molecule has 0 N–H and O–H groups in total. The van der Waals surface area contributed by atoms with Gasteiger partial charge in [-0.2, -0.15) is 26.3 Å². The van der Waals surface area contributed by atoms with E-state index in [1.807, 2.05) is 19.1 Å². The van der Waals surface area contributed by atoms with E-state index in [1.165, 1.54) is 0 Å². The third-order valence-electron chi connectivity index (χ3n) is 7.69. The first-order valence-electron chi connectivity index (χ1n) is 12.7. The molecular formula is C25H31F6N3O5. The summed E-state index contributed by atoms with van der Waals surface area (Å²) >= 11 is 0. The Hall–Kier alpha value is -2.74. The summed E-state index contributed by atoms with van der Waals surface area (Å²) in [7, 11) is 0. The van der Waals surface area contributed by atoms with Crippen LogP contribution < -0.4 is 4.90 Å². The van der Waals surface area contributed by atoms with Crippen LogP contribution in [0.5, 0.6) is 0 Å². The molecule has 14 heteroatoms. The topological polar surface area (TPSA) is 71.6 Å². The smallest absolute Gasteiger partial charge is 0.434 e. The van der Waals surface area contributed by atoms with Crippen LogP contribution in [-0.4, -0.2) is 92.0 Å². The molecule has 0 saturated carbocycles. The summed E-state index contributed by atoms with van der Waals surface area (Å²) in [6.07, 6.45) is -15.5. The van der Waals surface area contributed by atoms with Crippen molar-refractivity contribution in [1.82, 2.24) is 9.80 Å². The molecule has 0 bridgehead atoms. The quantitative estimate of drug-likeness (QED) is 0.373. The second-order valence-corrected chi connectivity index (χ2v) is 10.2. The molecule has 3 heterocycles. The first-order valence-corrected chi connectivity index (χ1v) is 12.7. The van der Waals surface area contributed by atoms with Crippen molar-refractivity contribution in [1.29, 1.82) is 0 Å². The maximum atomic E-state index is 12.8. The highest BCUT2D eigenvalue weighted by atomic mass is 19.4. The number of likely N-dealkylation sites (tertiary alicyclic amines) is 2. The van der Waals surface area contributed by atoms with Crippen molar-refractivity contribution >= 4 is 18.3 Å². The first-order chi connectivity index (χ1) is 18.3. The van der Waals surface area contributed by atoms with E-state index in [-0.39, 0.29) is 18.6 Å². The summed E-state index contributed by atoms with van der Waals surface area (Å²) in [4.78, 5) is 28.3. The summed E-state index contributed by atoms with van der Waals surface area (Å²) in [5.74, 6) is 0. The van der Waals surface area contributed by atoms with E-state index in [0.29, 0.717) is 45.6 Å². The number of halogens is 6. The lowest BCUT2D eigenvalue weighted by Gasteiger charge is -2.45. The molecule has 0 aromatic heterocycles. The number of amides is 1. The van der Waals surface area contributed by atoms with Crippen LogP contribution in [0.4, 0.5) is 36.8 Å². The number of morpholine rings is 1. The van der Waals surface area contributed by atoms with Gasteiger partial charge in [0.05, 0.1) is 13.2 Å². The third-order valence-corrected chi connectivity index (χ3v) is 7.69. The van der Waals surface area contributed by atoms with Gasteiger partial charge < -0.3 is 24.0 Å². The van der Waals surface area contributed by atoms with Crippen molar-refractivity contribution in [2.45, 2.75) is 69.4 Å². The zero-order valence-electron chi connectivity index (χ0n) is 21.4. The van der Waals surface area contributed by atoms with Crippen molar-refractivity contribution in [2.24, 2.45) is 0 Å². The summed E-state index contributed by atoms with van der Waals surface area (Å²) < 4.78 is 91.4. The van der Waals surface area contributed by atoms with Gasteiger partial charge >= 0.3 is 18.4 Å². The highest BCUT2D eigenvalue weighted by Crippen LogP contribution is 2.41. The van der Waals surface area contributed by atoms with Gasteiger partial charge in [0.1, 0.15) is 0 Å². The summed E-state index contributed by atoms with van der Waals surface area (Å²) in [6, 6.07) is 6.08. The molecule has 218 valence electrons. The largest absolute Gasteiger partial charge is 0.436 e. The zero-order valence-corrected chi connectivity index (χ0v) is 21.4. The van der Waals surface area contributed by atoms with E-state index in [2.05, 4.69) is 20.6 Å². The highest BCUT2D eigenvalue weighted by molar-refractivity contribution is 5.68. The van der Waals surface area contributed by atoms with Gasteiger partial charge in [0.2, 0.25) is 6.29 Å². The molecule has 0 radical (unpaired) electrons. The lowest BCUT2D eigenvalue weighted by molar-refractivity contribution is -0.308. The van der Waals surface area contributed by atoms with Crippen molar-refractivity contribution in [3.63, 3.8) is 0 Å². The number of piperidine rings is 1. The van der Waals surface area contributed by atoms with E-state index < -0.39 is 30.8 Å². The molecule has 3 fully saturated rings. The Morgan fingerprint density at radius 2 is 1.79 bits per heavy atom. The van der Waals surface area contributed by atoms with Crippen molar-refractivity contribution in [3.05, 3.63) is 29.3 Å². The fraction of sp³-hybridized carbons (Fsp3) is 0.680. The highest BCUT2D eigenvalue weighted by Gasteiger charge is 2.60. The van der Waals surface area contributed by atoms with Crippen molar-refractivity contribution in [2.75, 3.05) is 44.2 Å². The van der Waals surface area contributed by atoms with Crippen molar-refractivity contribution < 1.29 is 50.1 Å². The predicted octanol–water partition coefficient (Wildman–Crippen LogP) is 4.39. The number of hydrogen-bond donors (Lipinski definition) is 0. The Morgan fingerprint density at radius 1 is 1.10 bits per heavy atom. The maximum Gasteiger partial charge on any atom is 0.434 e.